The normalized spacial score (nSPS) is 11.9. The zero-order valence-corrected chi connectivity index (χ0v) is 13.2. The Hall–Kier alpha value is -2.80. The molecule has 116 valence electrons. The Balaban J connectivity index is 1.89. The van der Waals surface area contributed by atoms with E-state index in [2.05, 4.69) is 15.4 Å². The van der Waals surface area contributed by atoms with Crippen LogP contribution in [0.25, 0.3) is 11.3 Å². The summed E-state index contributed by atoms with van der Waals surface area (Å²) in [6.45, 7) is 1.63. The average molecular weight is 326 g/mol. The summed E-state index contributed by atoms with van der Waals surface area (Å²) in [5, 5.41) is 9.25. The van der Waals surface area contributed by atoms with Crippen molar-refractivity contribution in [1.82, 2.24) is 14.8 Å². The summed E-state index contributed by atoms with van der Waals surface area (Å²) in [6, 6.07) is 11.8. The van der Waals surface area contributed by atoms with E-state index in [4.69, 9.17) is 0 Å². The lowest BCUT2D eigenvalue weighted by Gasteiger charge is -2.14. The Bertz CT molecular complexity index is 859. The maximum atomic E-state index is 12.3. The second kappa shape index (κ2) is 6.53. The fourth-order valence-corrected chi connectivity index (χ4v) is 2.60. The van der Waals surface area contributed by atoms with Crippen molar-refractivity contribution in [2.24, 2.45) is 0 Å². The first kappa shape index (κ1) is 15.1. The highest BCUT2D eigenvalue weighted by molar-refractivity contribution is 7.13. The lowest BCUT2D eigenvalue weighted by Crippen LogP contribution is -2.33. The van der Waals surface area contributed by atoms with E-state index in [0.29, 0.717) is 10.8 Å². The second-order valence-corrected chi connectivity index (χ2v) is 5.76. The fraction of sp³-hybridized carbons (Fsp3) is 0.125. The number of hydrogen-bond donors (Lipinski definition) is 1. The average Bonchev–Trinajstić information content (AvgIpc) is 3.08. The molecular formula is C16H14N4O2S. The van der Waals surface area contributed by atoms with Crippen LogP contribution in [0.2, 0.25) is 0 Å². The third-order valence-electron chi connectivity index (χ3n) is 3.30. The molecule has 2 heterocycles. The summed E-state index contributed by atoms with van der Waals surface area (Å²) in [5.74, 6) is -0.334. The Labute approximate surface area is 136 Å². The first-order chi connectivity index (χ1) is 11.1. The molecular weight excluding hydrogens is 312 g/mol. The molecule has 1 atom stereocenters. The van der Waals surface area contributed by atoms with Gasteiger partial charge in [0, 0.05) is 23.2 Å². The van der Waals surface area contributed by atoms with E-state index < -0.39 is 6.04 Å². The molecule has 0 aliphatic carbocycles. The van der Waals surface area contributed by atoms with E-state index in [-0.39, 0.29) is 11.5 Å². The van der Waals surface area contributed by atoms with Crippen LogP contribution in [0.5, 0.6) is 0 Å². The van der Waals surface area contributed by atoms with E-state index in [1.54, 1.807) is 24.6 Å². The summed E-state index contributed by atoms with van der Waals surface area (Å²) >= 11 is 1.32. The standard InChI is InChI=1S/C16H14N4O2S/c1-11(15(22)18-16-17-9-10-23-16)20-14(21)8-7-13(19-20)12-5-3-2-4-6-12/h2-11H,1H3,(H,17,18,22)/t11-/m1/s1. The summed E-state index contributed by atoms with van der Waals surface area (Å²) in [6.07, 6.45) is 1.60. The highest BCUT2D eigenvalue weighted by Crippen LogP contribution is 2.16. The summed E-state index contributed by atoms with van der Waals surface area (Å²) < 4.78 is 1.19. The first-order valence-electron chi connectivity index (χ1n) is 7.01. The number of amides is 1. The Morgan fingerprint density at radius 1 is 1.22 bits per heavy atom. The van der Waals surface area contributed by atoms with Crippen molar-refractivity contribution < 1.29 is 4.79 Å². The quantitative estimate of drug-likeness (QED) is 0.799. The van der Waals surface area contributed by atoms with Crippen LogP contribution in [-0.2, 0) is 4.79 Å². The predicted molar refractivity (Wildman–Crippen MR) is 89.4 cm³/mol. The van der Waals surface area contributed by atoms with Crippen LogP contribution in [0, 0.1) is 0 Å². The van der Waals surface area contributed by atoms with E-state index in [1.807, 2.05) is 30.3 Å². The van der Waals surface area contributed by atoms with E-state index in [9.17, 15) is 9.59 Å². The topological polar surface area (TPSA) is 76.9 Å². The minimum atomic E-state index is -0.741. The van der Waals surface area contributed by atoms with Crippen molar-refractivity contribution in [2.45, 2.75) is 13.0 Å². The van der Waals surface area contributed by atoms with Gasteiger partial charge in [-0.1, -0.05) is 30.3 Å². The van der Waals surface area contributed by atoms with Crippen molar-refractivity contribution in [1.29, 1.82) is 0 Å². The number of nitrogens with zero attached hydrogens (tertiary/aromatic N) is 3. The van der Waals surface area contributed by atoms with Gasteiger partial charge in [0.15, 0.2) is 5.13 Å². The van der Waals surface area contributed by atoms with Crippen molar-refractivity contribution in [3.05, 3.63) is 64.4 Å². The highest BCUT2D eigenvalue weighted by atomic mass is 32.1. The zero-order valence-electron chi connectivity index (χ0n) is 12.3. The second-order valence-electron chi connectivity index (χ2n) is 4.87. The third kappa shape index (κ3) is 3.35. The van der Waals surface area contributed by atoms with Crippen LogP contribution in [0.3, 0.4) is 0 Å². The SMILES string of the molecule is C[C@H](C(=O)Nc1nccs1)n1nc(-c2ccccc2)ccc1=O. The van der Waals surface area contributed by atoms with Gasteiger partial charge in [0.1, 0.15) is 6.04 Å². The lowest BCUT2D eigenvalue weighted by molar-refractivity contribution is -0.119. The molecule has 0 bridgehead atoms. The monoisotopic (exact) mass is 326 g/mol. The van der Waals surface area contributed by atoms with Crippen LogP contribution in [0.15, 0.2) is 58.8 Å². The van der Waals surface area contributed by atoms with Gasteiger partial charge < -0.3 is 5.32 Å². The van der Waals surface area contributed by atoms with E-state index in [1.165, 1.54) is 22.1 Å². The first-order valence-corrected chi connectivity index (χ1v) is 7.89. The summed E-state index contributed by atoms with van der Waals surface area (Å²) in [4.78, 5) is 28.3. The fourth-order valence-electron chi connectivity index (χ4n) is 2.07. The molecule has 1 N–H and O–H groups in total. The van der Waals surface area contributed by atoms with Crippen molar-refractivity contribution in [3.63, 3.8) is 0 Å². The van der Waals surface area contributed by atoms with Gasteiger partial charge in [-0.2, -0.15) is 5.10 Å². The maximum Gasteiger partial charge on any atom is 0.267 e. The third-order valence-corrected chi connectivity index (χ3v) is 3.99. The molecule has 3 aromatic rings. The number of nitrogens with one attached hydrogen (secondary N) is 1. The number of benzene rings is 1. The Morgan fingerprint density at radius 3 is 2.70 bits per heavy atom. The summed E-state index contributed by atoms with van der Waals surface area (Å²) in [5.41, 5.74) is 1.19. The molecule has 0 radical (unpaired) electrons. The lowest BCUT2D eigenvalue weighted by atomic mass is 10.1. The van der Waals surface area contributed by atoms with Crippen LogP contribution in [0.1, 0.15) is 13.0 Å². The van der Waals surface area contributed by atoms with Crippen molar-refractivity contribution in [2.75, 3.05) is 5.32 Å². The molecule has 6 nitrogen and oxygen atoms in total. The summed E-state index contributed by atoms with van der Waals surface area (Å²) in [7, 11) is 0. The minimum absolute atomic E-state index is 0.327. The highest BCUT2D eigenvalue weighted by Gasteiger charge is 2.18. The van der Waals surface area contributed by atoms with Crippen LogP contribution in [0.4, 0.5) is 5.13 Å². The molecule has 0 saturated carbocycles. The largest absolute Gasteiger partial charge is 0.300 e. The predicted octanol–water partition coefficient (Wildman–Crippen LogP) is 2.57. The molecule has 7 heteroatoms. The van der Waals surface area contributed by atoms with Gasteiger partial charge in [-0.05, 0) is 13.0 Å². The molecule has 1 amide bonds. The zero-order chi connectivity index (χ0) is 16.2. The smallest absolute Gasteiger partial charge is 0.267 e. The van der Waals surface area contributed by atoms with Gasteiger partial charge in [0.2, 0.25) is 0 Å². The van der Waals surface area contributed by atoms with E-state index >= 15 is 0 Å². The number of hydrogen-bond acceptors (Lipinski definition) is 5. The number of aromatic nitrogens is 3. The molecule has 0 unspecified atom stereocenters. The van der Waals surface area contributed by atoms with Gasteiger partial charge >= 0.3 is 0 Å². The van der Waals surface area contributed by atoms with Crippen LogP contribution < -0.4 is 10.9 Å². The van der Waals surface area contributed by atoms with Gasteiger partial charge in [0.25, 0.3) is 11.5 Å². The molecule has 0 aliphatic heterocycles. The minimum Gasteiger partial charge on any atom is -0.300 e. The van der Waals surface area contributed by atoms with Gasteiger partial charge in [0.05, 0.1) is 5.69 Å². The van der Waals surface area contributed by atoms with Crippen LogP contribution in [-0.4, -0.2) is 20.7 Å². The maximum absolute atomic E-state index is 12.3. The molecule has 0 fully saturated rings. The number of anilines is 1. The molecule has 3 rings (SSSR count). The number of thiazole rings is 1. The molecule has 1 aromatic carbocycles. The van der Waals surface area contributed by atoms with Crippen molar-refractivity contribution >= 4 is 22.4 Å². The number of carbonyl (C=O) groups excluding carboxylic acids is 1. The molecule has 2 aromatic heterocycles. The molecule has 0 spiro atoms. The van der Waals surface area contributed by atoms with E-state index in [0.717, 1.165) is 5.56 Å². The number of carbonyl (C=O) groups is 1. The molecule has 0 saturated heterocycles. The van der Waals surface area contributed by atoms with Gasteiger partial charge in [-0.15, -0.1) is 11.3 Å². The van der Waals surface area contributed by atoms with Crippen LogP contribution >= 0.6 is 11.3 Å². The van der Waals surface area contributed by atoms with Gasteiger partial charge in [-0.3, -0.25) is 9.59 Å². The number of rotatable bonds is 4. The molecule has 0 aliphatic rings. The van der Waals surface area contributed by atoms with Gasteiger partial charge in [-0.25, -0.2) is 9.67 Å². The Morgan fingerprint density at radius 2 is 2.00 bits per heavy atom. The Kier molecular flexibility index (Phi) is 4.29. The van der Waals surface area contributed by atoms with Crippen molar-refractivity contribution in [3.8, 4) is 11.3 Å². The molecule has 23 heavy (non-hydrogen) atoms.